The first-order valence-corrected chi connectivity index (χ1v) is 14.0. The van der Waals surface area contributed by atoms with Crippen molar-refractivity contribution in [2.24, 2.45) is 0 Å². The summed E-state index contributed by atoms with van der Waals surface area (Å²) >= 11 is 0. The minimum atomic E-state index is 0. The highest BCUT2D eigenvalue weighted by Gasteiger charge is 2.23. The van der Waals surface area contributed by atoms with Crippen molar-refractivity contribution in [2.75, 3.05) is 13.3 Å². The highest BCUT2D eigenvalue weighted by molar-refractivity contribution is 5.85. The molecule has 2 aliphatic carbocycles. The van der Waals surface area contributed by atoms with Gasteiger partial charge in [0.15, 0.2) is 6.73 Å². The van der Waals surface area contributed by atoms with Gasteiger partial charge in [0.25, 0.3) is 0 Å². The molecule has 37 heavy (non-hydrogen) atoms. The zero-order valence-electron chi connectivity index (χ0n) is 22.3. The highest BCUT2D eigenvalue weighted by atomic mass is 35.5. The van der Waals surface area contributed by atoms with E-state index in [4.69, 9.17) is 9.47 Å². The Hall–Kier alpha value is -1.98. The van der Waals surface area contributed by atoms with E-state index < -0.39 is 0 Å². The number of aromatic nitrogens is 2. The Morgan fingerprint density at radius 2 is 1.65 bits per heavy atom. The van der Waals surface area contributed by atoms with E-state index in [2.05, 4.69) is 52.4 Å². The predicted molar refractivity (Wildman–Crippen MR) is 155 cm³/mol. The zero-order valence-corrected chi connectivity index (χ0v) is 23.9. The molecule has 2 aromatic rings. The molecule has 1 fully saturated rings. The van der Waals surface area contributed by atoms with Crippen LogP contribution in [0.3, 0.4) is 0 Å². The van der Waals surface area contributed by atoms with E-state index in [-0.39, 0.29) is 24.8 Å². The van der Waals surface area contributed by atoms with E-state index in [9.17, 15) is 0 Å². The van der Waals surface area contributed by atoms with Crippen molar-refractivity contribution in [1.29, 1.82) is 0 Å². The van der Waals surface area contributed by atoms with Crippen LogP contribution in [-0.4, -0.2) is 34.5 Å². The summed E-state index contributed by atoms with van der Waals surface area (Å²) < 4.78 is 12.5. The molecule has 5 nitrogen and oxygen atoms in total. The van der Waals surface area contributed by atoms with E-state index in [1.54, 1.807) is 5.57 Å². The molecule has 3 aliphatic rings. The van der Waals surface area contributed by atoms with Crippen molar-refractivity contribution >= 4 is 24.8 Å². The molecule has 0 radical (unpaired) electrons. The smallest absolute Gasteiger partial charge is 0.235 e. The van der Waals surface area contributed by atoms with Crippen LogP contribution in [0.25, 0.3) is 11.1 Å². The Bertz CT molecular complexity index is 1000. The van der Waals surface area contributed by atoms with Crippen LogP contribution in [0.15, 0.2) is 41.6 Å². The number of aryl methyl sites for hydroxylation is 1. The first-order valence-electron chi connectivity index (χ1n) is 14.0. The number of halogens is 2. The Balaban J connectivity index is 0.00000190. The lowest BCUT2D eigenvalue weighted by Gasteiger charge is -2.36. The van der Waals surface area contributed by atoms with Gasteiger partial charge in [0.05, 0.1) is 11.8 Å². The number of rotatable bonds is 9. The largest absolute Gasteiger partial charge is 0.490 e. The van der Waals surface area contributed by atoms with Gasteiger partial charge in [-0.05, 0) is 94.7 Å². The van der Waals surface area contributed by atoms with Crippen LogP contribution in [0, 0.1) is 0 Å². The van der Waals surface area contributed by atoms with Crippen LogP contribution in [0.2, 0.25) is 0 Å². The molecule has 0 spiro atoms. The standard InChI is InChI=1S/C30H41N3O2.2ClH/c1-2-3-14-28-27(23-16-18-26(19-17-23)35-25-12-5-4-6-13-25)21-30(32-31-28)34-22-33-20-9-11-24-10-7-8-15-29(24)33;;/h16-19,21,25H,2-15,20,22H2,1H3;2*1H. The molecule has 0 bridgehead atoms. The van der Waals surface area contributed by atoms with Gasteiger partial charge in [0.2, 0.25) is 5.88 Å². The number of allylic oxidation sites excluding steroid dienone is 2. The molecule has 1 aliphatic heterocycles. The van der Waals surface area contributed by atoms with Gasteiger partial charge < -0.3 is 14.4 Å². The van der Waals surface area contributed by atoms with Gasteiger partial charge in [-0.1, -0.05) is 37.5 Å². The molecule has 1 aromatic carbocycles. The van der Waals surface area contributed by atoms with E-state index in [1.165, 1.54) is 76.3 Å². The number of unbranched alkanes of at least 4 members (excludes halogenated alkanes) is 1. The quantitative estimate of drug-likeness (QED) is 0.315. The van der Waals surface area contributed by atoms with Crippen molar-refractivity contribution in [3.8, 4) is 22.8 Å². The summed E-state index contributed by atoms with van der Waals surface area (Å²) in [6.45, 7) is 3.86. The number of hydrogen-bond donors (Lipinski definition) is 0. The third-order valence-electron chi connectivity index (χ3n) is 7.84. The number of ether oxygens (including phenoxy) is 2. The minimum Gasteiger partial charge on any atom is -0.490 e. The minimum absolute atomic E-state index is 0. The Morgan fingerprint density at radius 3 is 2.43 bits per heavy atom. The number of benzene rings is 1. The number of hydrogen-bond acceptors (Lipinski definition) is 5. The second-order valence-corrected chi connectivity index (χ2v) is 10.4. The molecule has 1 aromatic heterocycles. The molecule has 0 unspecified atom stereocenters. The van der Waals surface area contributed by atoms with Gasteiger partial charge in [-0.2, -0.15) is 5.10 Å². The molecular formula is C30H43Cl2N3O2. The fourth-order valence-corrected chi connectivity index (χ4v) is 5.84. The highest BCUT2D eigenvalue weighted by Crippen LogP contribution is 2.34. The number of nitrogens with zero attached hydrogens (tertiary/aromatic N) is 3. The van der Waals surface area contributed by atoms with Crippen LogP contribution in [0.1, 0.15) is 96.1 Å². The molecule has 2 heterocycles. The second-order valence-electron chi connectivity index (χ2n) is 10.4. The van der Waals surface area contributed by atoms with Gasteiger partial charge >= 0.3 is 0 Å². The average molecular weight is 549 g/mol. The lowest BCUT2D eigenvalue weighted by Crippen LogP contribution is -2.33. The van der Waals surface area contributed by atoms with Crippen molar-refractivity contribution in [3.63, 3.8) is 0 Å². The van der Waals surface area contributed by atoms with E-state index >= 15 is 0 Å². The second kappa shape index (κ2) is 14.8. The predicted octanol–water partition coefficient (Wildman–Crippen LogP) is 8.30. The maximum atomic E-state index is 6.25. The first-order chi connectivity index (χ1) is 17.3. The SMILES string of the molecule is CCCCc1nnc(OCN2CCCC3=C2CCCC3)cc1-c1ccc(OC2CCCCC2)cc1.Cl.Cl. The Morgan fingerprint density at radius 1 is 0.892 bits per heavy atom. The van der Waals surface area contributed by atoms with Crippen LogP contribution in [0.4, 0.5) is 0 Å². The fraction of sp³-hybridized carbons (Fsp3) is 0.600. The lowest BCUT2D eigenvalue weighted by molar-refractivity contribution is 0.136. The maximum absolute atomic E-state index is 6.25. The van der Waals surface area contributed by atoms with Crippen LogP contribution < -0.4 is 9.47 Å². The monoisotopic (exact) mass is 547 g/mol. The average Bonchev–Trinajstić information content (AvgIpc) is 2.92. The molecule has 0 amide bonds. The van der Waals surface area contributed by atoms with Gasteiger partial charge in [0.1, 0.15) is 5.75 Å². The van der Waals surface area contributed by atoms with E-state index in [0.29, 0.717) is 18.7 Å². The van der Waals surface area contributed by atoms with Crippen molar-refractivity contribution < 1.29 is 9.47 Å². The van der Waals surface area contributed by atoms with Gasteiger partial charge in [-0.15, -0.1) is 29.9 Å². The van der Waals surface area contributed by atoms with Crippen molar-refractivity contribution in [3.05, 3.63) is 47.3 Å². The van der Waals surface area contributed by atoms with Crippen molar-refractivity contribution in [2.45, 2.75) is 103 Å². The summed E-state index contributed by atoms with van der Waals surface area (Å²) in [5.74, 6) is 1.59. The summed E-state index contributed by atoms with van der Waals surface area (Å²) in [5, 5.41) is 9.08. The first kappa shape index (κ1) is 29.6. The van der Waals surface area contributed by atoms with Crippen LogP contribution in [-0.2, 0) is 6.42 Å². The van der Waals surface area contributed by atoms with E-state index in [1.807, 2.05) is 0 Å². The molecule has 0 atom stereocenters. The van der Waals surface area contributed by atoms with Crippen LogP contribution >= 0.6 is 24.8 Å². The van der Waals surface area contributed by atoms with Crippen molar-refractivity contribution in [1.82, 2.24) is 15.1 Å². The molecule has 0 N–H and O–H groups in total. The fourth-order valence-electron chi connectivity index (χ4n) is 5.84. The summed E-state index contributed by atoms with van der Waals surface area (Å²) in [6.07, 6.45) is 17.4. The van der Waals surface area contributed by atoms with Crippen LogP contribution in [0.5, 0.6) is 11.6 Å². The molecule has 204 valence electrons. The molecule has 0 saturated heterocycles. The molecule has 5 rings (SSSR count). The van der Waals surface area contributed by atoms with Gasteiger partial charge in [-0.25, -0.2) is 0 Å². The summed E-state index contributed by atoms with van der Waals surface area (Å²) in [6, 6.07) is 10.6. The molecule has 1 saturated carbocycles. The zero-order chi connectivity index (χ0) is 23.9. The Kier molecular flexibility index (Phi) is 11.8. The summed E-state index contributed by atoms with van der Waals surface area (Å²) in [5.41, 5.74) is 6.52. The third kappa shape index (κ3) is 7.77. The Labute approximate surface area is 235 Å². The molecular weight excluding hydrogens is 505 g/mol. The summed E-state index contributed by atoms with van der Waals surface area (Å²) in [4.78, 5) is 2.43. The lowest BCUT2D eigenvalue weighted by atomic mass is 9.90. The van der Waals surface area contributed by atoms with Gasteiger partial charge in [-0.3, -0.25) is 0 Å². The third-order valence-corrected chi connectivity index (χ3v) is 7.84. The summed E-state index contributed by atoms with van der Waals surface area (Å²) in [7, 11) is 0. The topological polar surface area (TPSA) is 47.5 Å². The normalized spacial score (nSPS) is 17.9. The van der Waals surface area contributed by atoms with Gasteiger partial charge in [0, 0.05) is 23.9 Å². The molecule has 7 heteroatoms. The van der Waals surface area contributed by atoms with E-state index in [0.717, 1.165) is 48.4 Å². The maximum Gasteiger partial charge on any atom is 0.235 e.